The summed E-state index contributed by atoms with van der Waals surface area (Å²) in [5.74, 6) is 0. The average Bonchev–Trinajstić information content (AvgIpc) is 3.10. The van der Waals surface area contributed by atoms with Gasteiger partial charge < -0.3 is 4.57 Å². The molecule has 0 fully saturated rings. The fraction of sp³-hybridized carbons (Fsp3) is 0.375. The van der Waals surface area contributed by atoms with Crippen LogP contribution in [0.25, 0.3) is 10.9 Å². The lowest BCUT2D eigenvalue weighted by molar-refractivity contribution is 0.170. The van der Waals surface area contributed by atoms with Gasteiger partial charge in [0, 0.05) is 47.3 Å². The van der Waals surface area contributed by atoms with Crippen molar-refractivity contribution in [2.45, 2.75) is 33.0 Å². The summed E-state index contributed by atoms with van der Waals surface area (Å²) in [6, 6.07) is 8.72. The standard InChI is InChI=1S/C16H17ClN4S/c1-10-16(22-19-18-10)11(2)20-6-7-21-12(9-20)8-13-14(17)4-3-5-15(13)21/h3-5,8,11H,6-7,9H2,1-2H3. The molecule has 0 amide bonds. The molecule has 0 saturated carbocycles. The highest BCUT2D eigenvalue weighted by atomic mass is 35.5. The van der Waals surface area contributed by atoms with E-state index in [1.807, 2.05) is 19.1 Å². The Labute approximate surface area is 138 Å². The fourth-order valence-corrected chi connectivity index (χ4v) is 4.28. The summed E-state index contributed by atoms with van der Waals surface area (Å²) >= 11 is 7.85. The van der Waals surface area contributed by atoms with Gasteiger partial charge in [-0.3, -0.25) is 4.90 Å². The zero-order valence-electron chi connectivity index (χ0n) is 12.6. The summed E-state index contributed by atoms with van der Waals surface area (Å²) in [5, 5.41) is 6.13. The Balaban J connectivity index is 1.68. The summed E-state index contributed by atoms with van der Waals surface area (Å²) in [5.41, 5.74) is 3.62. The van der Waals surface area contributed by atoms with Gasteiger partial charge in [0.05, 0.1) is 10.6 Å². The molecule has 0 radical (unpaired) electrons. The van der Waals surface area contributed by atoms with E-state index < -0.39 is 0 Å². The van der Waals surface area contributed by atoms with Crippen LogP contribution < -0.4 is 0 Å². The second kappa shape index (κ2) is 5.33. The number of hydrogen-bond donors (Lipinski definition) is 0. The van der Waals surface area contributed by atoms with E-state index >= 15 is 0 Å². The first-order chi connectivity index (χ1) is 10.6. The quantitative estimate of drug-likeness (QED) is 0.710. The van der Waals surface area contributed by atoms with Crippen molar-refractivity contribution in [3.05, 3.63) is 45.6 Å². The van der Waals surface area contributed by atoms with E-state index in [4.69, 9.17) is 11.6 Å². The number of aromatic nitrogens is 3. The van der Waals surface area contributed by atoms with Crippen LogP contribution in [0.3, 0.4) is 0 Å². The molecule has 0 aliphatic carbocycles. The van der Waals surface area contributed by atoms with E-state index in [0.717, 1.165) is 35.7 Å². The summed E-state index contributed by atoms with van der Waals surface area (Å²) in [6.45, 7) is 7.24. The van der Waals surface area contributed by atoms with Crippen molar-refractivity contribution in [2.24, 2.45) is 0 Å². The van der Waals surface area contributed by atoms with Crippen molar-refractivity contribution in [3.8, 4) is 0 Å². The Morgan fingerprint density at radius 3 is 2.95 bits per heavy atom. The second-order valence-electron chi connectivity index (χ2n) is 5.83. The molecule has 3 heterocycles. The monoisotopic (exact) mass is 332 g/mol. The van der Waals surface area contributed by atoms with Crippen LogP contribution >= 0.6 is 23.1 Å². The van der Waals surface area contributed by atoms with Gasteiger partial charge in [0.1, 0.15) is 0 Å². The van der Waals surface area contributed by atoms with Gasteiger partial charge in [-0.2, -0.15) is 0 Å². The molecule has 2 aromatic heterocycles. The molecule has 1 unspecified atom stereocenters. The maximum absolute atomic E-state index is 6.34. The van der Waals surface area contributed by atoms with Crippen LogP contribution in [-0.2, 0) is 13.1 Å². The van der Waals surface area contributed by atoms with E-state index in [9.17, 15) is 0 Å². The predicted molar refractivity (Wildman–Crippen MR) is 90.4 cm³/mol. The van der Waals surface area contributed by atoms with Gasteiger partial charge in [0.15, 0.2) is 0 Å². The van der Waals surface area contributed by atoms with Crippen LogP contribution in [0.2, 0.25) is 5.02 Å². The fourth-order valence-electron chi connectivity index (χ4n) is 3.33. The highest BCUT2D eigenvalue weighted by molar-refractivity contribution is 7.05. The lowest BCUT2D eigenvalue weighted by atomic mass is 10.1. The van der Waals surface area contributed by atoms with Gasteiger partial charge in [-0.05, 0) is 43.6 Å². The molecule has 4 rings (SSSR count). The number of hydrogen-bond acceptors (Lipinski definition) is 4. The Bertz CT molecular complexity index is 838. The van der Waals surface area contributed by atoms with Crippen LogP contribution in [0.1, 0.15) is 29.2 Å². The molecule has 0 bridgehead atoms. The van der Waals surface area contributed by atoms with Crippen molar-refractivity contribution >= 4 is 34.0 Å². The third-order valence-corrected chi connectivity index (χ3v) is 5.89. The Kier molecular flexibility index (Phi) is 3.44. The summed E-state index contributed by atoms with van der Waals surface area (Å²) in [7, 11) is 0. The van der Waals surface area contributed by atoms with Crippen LogP contribution in [0.5, 0.6) is 0 Å². The minimum atomic E-state index is 0.349. The number of halogens is 1. The van der Waals surface area contributed by atoms with E-state index in [1.54, 1.807) is 0 Å². The first kappa shape index (κ1) is 14.2. The zero-order valence-corrected chi connectivity index (χ0v) is 14.2. The SMILES string of the molecule is Cc1nnsc1C(C)N1CCn2c(cc3c(Cl)cccc32)C1. The Hall–Kier alpha value is -1.43. The highest BCUT2D eigenvalue weighted by Gasteiger charge is 2.25. The molecule has 0 spiro atoms. The number of fused-ring (bicyclic) bond motifs is 3. The number of benzene rings is 1. The van der Waals surface area contributed by atoms with Crippen molar-refractivity contribution in [2.75, 3.05) is 6.54 Å². The third-order valence-electron chi connectivity index (χ3n) is 4.57. The lowest BCUT2D eigenvalue weighted by Crippen LogP contribution is -2.35. The molecule has 1 aromatic carbocycles. The van der Waals surface area contributed by atoms with E-state index in [1.165, 1.54) is 27.6 Å². The van der Waals surface area contributed by atoms with Crippen LogP contribution in [0.15, 0.2) is 24.3 Å². The van der Waals surface area contributed by atoms with Gasteiger partial charge in [0.25, 0.3) is 0 Å². The molecule has 114 valence electrons. The molecule has 3 aromatic rings. The summed E-state index contributed by atoms with van der Waals surface area (Å²) in [6.07, 6.45) is 0. The van der Waals surface area contributed by atoms with Gasteiger partial charge in [-0.15, -0.1) is 5.10 Å². The second-order valence-corrected chi connectivity index (χ2v) is 7.02. The summed E-state index contributed by atoms with van der Waals surface area (Å²) < 4.78 is 6.46. The number of aryl methyl sites for hydroxylation is 1. The molecule has 1 aliphatic heterocycles. The van der Waals surface area contributed by atoms with E-state index in [2.05, 4.69) is 38.1 Å². The number of nitrogens with zero attached hydrogens (tertiary/aromatic N) is 4. The van der Waals surface area contributed by atoms with Crippen molar-refractivity contribution in [3.63, 3.8) is 0 Å². The topological polar surface area (TPSA) is 34.0 Å². The van der Waals surface area contributed by atoms with Gasteiger partial charge in [-0.25, -0.2) is 0 Å². The molecule has 1 atom stereocenters. The minimum absolute atomic E-state index is 0.349. The van der Waals surface area contributed by atoms with Crippen LogP contribution in [0, 0.1) is 6.92 Å². The van der Waals surface area contributed by atoms with Crippen molar-refractivity contribution < 1.29 is 0 Å². The lowest BCUT2D eigenvalue weighted by Gasteiger charge is -2.33. The average molecular weight is 333 g/mol. The maximum atomic E-state index is 6.34. The van der Waals surface area contributed by atoms with Gasteiger partial charge in [-0.1, -0.05) is 22.2 Å². The molecule has 0 N–H and O–H groups in total. The van der Waals surface area contributed by atoms with E-state index in [0.29, 0.717) is 6.04 Å². The van der Waals surface area contributed by atoms with Gasteiger partial charge in [0.2, 0.25) is 0 Å². The Morgan fingerprint density at radius 1 is 1.32 bits per heavy atom. The molecule has 6 heteroatoms. The maximum Gasteiger partial charge on any atom is 0.0772 e. The van der Waals surface area contributed by atoms with Crippen LogP contribution in [-0.4, -0.2) is 25.6 Å². The molecule has 1 aliphatic rings. The minimum Gasteiger partial charge on any atom is -0.342 e. The predicted octanol–water partition coefficient (Wildman–Crippen LogP) is 4.03. The van der Waals surface area contributed by atoms with Crippen LogP contribution in [0.4, 0.5) is 0 Å². The summed E-state index contributed by atoms with van der Waals surface area (Å²) in [4.78, 5) is 3.76. The molecular weight excluding hydrogens is 316 g/mol. The largest absolute Gasteiger partial charge is 0.342 e. The zero-order chi connectivity index (χ0) is 15.3. The van der Waals surface area contributed by atoms with Gasteiger partial charge >= 0.3 is 0 Å². The van der Waals surface area contributed by atoms with Crippen molar-refractivity contribution in [1.82, 2.24) is 19.1 Å². The molecule has 4 nitrogen and oxygen atoms in total. The first-order valence-electron chi connectivity index (χ1n) is 7.44. The molecule has 0 saturated heterocycles. The first-order valence-corrected chi connectivity index (χ1v) is 8.60. The molecule has 22 heavy (non-hydrogen) atoms. The smallest absolute Gasteiger partial charge is 0.0772 e. The van der Waals surface area contributed by atoms with Crippen molar-refractivity contribution in [1.29, 1.82) is 0 Å². The molecular formula is C16H17ClN4S. The number of rotatable bonds is 2. The normalized spacial score (nSPS) is 16.9. The Morgan fingerprint density at radius 2 is 2.18 bits per heavy atom. The third kappa shape index (κ3) is 2.16. The van der Waals surface area contributed by atoms with E-state index in [-0.39, 0.29) is 0 Å². The highest BCUT2D eigenvalue weighted by Crippen LogP contribution is 2.33.